The number of hydrogen-bond donors (Lipinski definition) is 1. The largest absolute Gasteiger partial charge is 0.345 e. The van der Waals surface area contributed by atoms with E-state index in [1.165, 1.54) is 11.0 Å². The minimum absolute atomic E-state index is 0.00890. The Balaban J connectivity index is 2.36. The van der Waals surface area contributed by atoms with Crippen molar-refractivity contribution in [2.75, 3.05) is 6.54 Å². The number of carbonyl (C=O) groups excluding carboxylic acids is 2. The van der Waals surface area contributed by atoms with Crippen LogP contribution < -0.4 is 5.32 Å². The molecule has 1 aliphatic heterocycles. The zero-order valence-electron chi connectivity index (χ0n) is 11.4. The Morgan fingerprint density at radius 1 is 1.45 bits per heavy atom. The van der Waals surface area contributed by atoms with Gasteiger partial charge >= 0.3 is 0 Å². The molecule has 0 bridgehead atoms. The summed E-state index contributed by atoms with van der Waals surface area (Å²) in [5.74, 6) is -0.998. The maximum absolute atomic E-state index is 14.0. The Bertz CT molecular complexity index is 564. The first-order chi connectivity index (χ1) is 9.40. The Hall–Kier alpha value is -1.62. The first-order valence-electron chi connectivity index (χ1n) is 6.41. The smallest absolute Gasteiger partial charge is 0.246 e. The lowest BCUT2D eigenvalue weighted by Crippen LogP contribution is -2.65. The third-order valence-electron chi connectivity index (χ3n) is 3.83. The van der Waals surface area contributed by atoms with Crippen LogP contribution in [0.4, 0.5) is 4.39 Å². The number of hydrogen-bond acceptors (Lipinski definition) is 2. The van der Waals surface area contributed by atoms with Gasteiger partial charge in [0.25, 0.3) is 0 Å². The molecule has 1 aliphatic rings. The van der Waals surface area contributed by atoms with Crippen LogP contribution in [0.3, 0.4) is 0 Å². The van der Waals surface area contributed by atoms with Crippen molar-refractivity contribution in [3.63, 3.8) is 0 Å². The lowest BCUT2D eigenvalue weighted by atomic mass is 9.92. The van der Waals surface area contributed by atoms with Crippen LogP contribution in [0, 0.1) is 5.82 Å². The number of carbonyl (C=O) groups is 2. The summed E-state index contributed by atoms with van der Waals surface area (Å²) in [7, 11) is 0. The molecular weight excluding hydrogens is 283 g/mol. The molecule has 1 N–H and O–H groups in total. The number of rotatable bonds is 3. The zero-order chi connectivity index (χ0) is 14.9. The van der Waals surface area contributed by atoms with Gasteiger partial charge in [0.1, 0.15) is 11.4 Å². The van der Waals surface area contributed by atoms with Gasteiger partial charge in [0.2, 0.25) is 11.8 Å². The van der Waals surface area contributed by atoms with Crippen molar-refractivity contribution in [1.82, 2.24) is 10.2 Å². The Morgan fingerprint density at radius 2 is 2.15 bits per heavy atom. The number of piperazine rings is 1. The molecule has 2 amide bonds. The Labute approximate surface area is 121 Å². The summed E-state index contributed by atoms with van der Waals surface area (Å²) in [6.45, 7) is 3.47. The Morgan fingerprint density at radius 3 is 2.80 bits per heavy atom. The lowest BCUT2D eigenvalue weighted by molar-refractivity contribution is -0.153. The maximum Gasteiger partial charge on any atom is 0.246 e. The lowest BCUT2D eigenvalue weighted by Gasteiger charge is -2.43. The number of amides is 2. The van der Waals surface area contributed by atoms with E-state index in [1.807, 2.05) is 6.92 Å². The molecule has 1 saturated heterocycles. The standard InChI is InChI=1S/C14H16ClFN2O2/c1-3-14(2)13(20)17-7-11(19)18(14)8-9-5-4-6-10(15)12(9)16/h4-6H,3,7-8H2,1-2H3,(H,17,20). The predicted octanol–water partition coefficient (Wildman–Crippen LogP) is 2.11. The van der Waals surface area contributed by atoms with Crippen molar-refractivity contribution in [1.29, 1.82) is 0 Å². The second kappa shape index (κ2) is 5.40. The first kappa shape index (κ1) is 14.8. The van der Waals surface area contributed by atoms with Gasteiger partial charge in [-0.3, -0.25) is 9.59 Å². The average molecular weight is 299 g/mol. The van der Waals surface area contributed by atoms with Gasteiger partial charge in [0.05, 0.1) is 11.6 Å². The van der Waals surface area contributed by atoms with Crippen LogP contribution in [0.2, 0.25) is 5.02 Å². The molecular formula is C14H16ClFN2O2. The highest BCUT2D eigenvalue weighted by atomic mass is 35.5. The van der Waals surface area contributed by atoms with Gasteiger partial charge in [0.15, 0.2) is 0 Å². The Kier molecular flexibility index (Phi) is 3.99. The number of benzene rings is 1. The zero-order valence-corrected chi connectivity index (χ0v) is 12.1. The molecule has 0 aliphatic carbocycles. The molecule has 108 valence electrons. The molecule has 1 heterocycles. The number of nitrogens with one attached hydrogen (secondary N) is 1. The highest BCUT2D eigenvalue weighted by Gasteiger charge is 2.44. The van der Waals surface area contributed by atoms with Gasteiger partial charge in [-0.1, -0.05) is 30.7 Å². The van der Waals surface area contributed by atoms with E-state index >= 15 is 0 Å². The van der Waals surface area contributed by atoms with Gasteiger partial charge in [-0.25, -0.2) is 4.39 Å². The fraction of sp³-hybridized carbons (Fsp3) is 0.429. The van der Waals surface area contributed by atoms with E-state index in [2.05, 4.69) is 5.32 Å². The third-order valence-corrected chi connectivity index (χ3v) is 4.13. The van der Waals surface area contributed by atoms with Crippen LogP contribution in [0.15, 0.2) is 18.2 Å². The van der Waals surface area contributed by atoms with E-state index in [-0.39, 0.29) is 29.9 Å². The molecule has 6 heteroatoms. The van der Waals surface area contributed by atoms with Crippen molar-refractivity contribution in [3.05, 3.63) is 34.6 Å². The quantitative estimate of drug-likeness (QED) is 0.929. The topological polar surface area (TPSA) is 49.4 Å². The summed E-state index contributed by atoms with van der Waals surface area (Å²) < 4.78 is 14.0. The van der Waals surface area contributed by atoms with E-state index < -0.39 is 11.4 Å². The van der Waals surface area contributed by atoms with E-state index in [0.29, 0.717) is 12.0 Å². The SMILES string of the molecule is CCC1(C)C(=O)NCC(=O)N1Cc1cccc(Cl)c1F. The molecule has 2 rings (SSSR count). The van der Waals surface area contributed by atoms with Crippen LogP contribution in [0.1, 0.15) is 25.8 Å². The van der Waals surface area contributed by atoms with E-state index in [0.717, 1.165) is 0 Å². The molecule has 1 aromatic carbocycles. The fourth-order valence-corrected chi connectivity index (χ4v) is 2.49. The number of nitrogens with zero attached hydrogens (tertiary/aromatic N) is 1. The van der Waals surface area contributed by atoms with Gasteiger partial charge in [-0.15, -0.1) is 0 Å². The predicted molar refractivity (Wildman–Crippen MR) is 73.7 cm³/mol. The van der Waals surface area contributed by atoms with Crippen LogP contribution in [-0.2, 0) is 16.1 Å². The van der Waals surface area contributed by atoms with E-state index in [1.54, 1.807) is 19.1 Å². The second-order valence-electron chi connectivity index (χ2n) is 5.00. The highest BCUT2D eigenvalue weighted by molar-refractivity contribution is 6.30. The van der Waals surface area contributed by atoms with Gasteiger partial charge in [-0.05, 0) is 19.4 Å². The van der Waals surface area contributed by atoms with E-state index in [9.17, 15) is 14.0 Å². The summed E-state index contributed by atoms with van der Waals surface area (Å²) in [5, 5.41) is 2.57. The summed E-state index contributed by atoms with van der Waals surface area (Å²) in [6, 6.07) is 4.64. The maximum atomic E-state index is 14.0. The molecule has 1 atom stereocenters. The number of halogens is 2. The minimum atomic E-state index is -0.968. The summed E-state index contributed by atoms with van der Waals surface area (Å²) in [6.07, 6.45) is 0.451. The molecule has 0 spiro atoms. The van der Waals surface area contributed by atoms with Crippen molar-refractivity contribution < 1.29 is 14.0 Å². The molecule has 20 heavy (non-hydrogen) atoms. The summed E-state index contributed by atoms with van der Waals surface area (Å²) in [4.78, 5) is 25.5. The van der Waals surface area contributed by atoms with Crippen LogP contribution in [-0.4, -0.2) is 28.8 Å². The van der Waals surface area contributed by atoms with Crippen molar-refractivity contribution in [2.24, 2.45) is 0 Å². The third kappa shape index (κ3) is 2.38. The van der Waals surface area contributed by atoms with E-state index in [4.69, 9.17) is 11.6 Å². The monoisotopic (exact) mass is 298 g/mol. The van der Waals surface area contributed by atoms with Gasteiger partial charge < -0.3 is 10.2 Å². The normalized spacial score (nSPS) is 22.9. The van der Waals surface area contributed by atoms with Crippen LogP contribution in [0.25, 0.3) is 0 Å². The molecule has 4 nitrogen and oxygen atoms in total. The van der Waals surface area contributed by atoms with Crippen molar-refractivity contribution in [2.45, 2.75) is 32.4 Å². The minimum Gasteiger partial charge on any atom is -0.345 e. The van der Waals surface area contributed by atoms with Gasteiger partial charge in [-0.2, -0.15) is 0 Å². The molecule has 1 aromatic rings. The van der Waals surface area contributed by atoms with Gasteiger partial charge in [0, 0.05) is 12.1 Å². The summed E-state index contributed by atoms with van der Waals surface area (Å²) in [5.41, 5.74) is -0.662. The fourth-order valence-electron chi connectivity index (χ4n) is 2.29. The molecule has 0 aromatic heterocycles. The molecule has 1 unspecified atom stereocenters. The average Bonchev–Trinajstić information content (AvgIpc) is 2.43. The molecule has 1 fully saturated rings. The second-order valence-corrected chi connectivity index (χ2v) is 5.41. The van der Waals surface area contributed by atoms with Crippen LogP contribution in [0.5, 0.6) is 0 Å². The first-order valence-corrected chi connectivity index (χ1v) is 6.79. The van der Waals surface area contributed by atoms with Crippen molar-refractivity contribution in [3.8, 4) is 0 Å². The summed E-state index contributed by atoms with van der Waals surface area (Å²) >= 11 is 5.74. The molecule has 0 saturated carbocycles. The van der Waals surface area contributed by atoms with Crippen LogP contribution >= 0.6 is 11.6 Å². The van der Waals surface area contributed by atoms with Crippen molar-refractivity contribution >= 4 is 23.4 Å². The molecule has 0 radical (unpaired) electrons. The highest BCUT2D eigenvalue weighted by Crippen LogP contribution is 2.27.